The molecule has 2 aromatic rings. The zero-order chi connectivity index (χ0) is 14.4. The molecule has 5 heteroatoms. The van der Waals surface area contributed by atoms with Gasteiger partial charge >= 0.3 is 0 Å². The van der Waals surface area contributed by atoms with Crippen LogP contribution in [-0.4, -0.2) is 33.1 Å². The van der Waals surface area contributed by atoms with Crippen molar-refractivity contribution in [1.82, 2.24) is 14.5 Å². The first-order valence-electron chi connectivity index (χ1n) is 7.80. The largest absolute Gasteiger partial charge is 0.376 e. The van der Waals surface area contributed by atoms with Crippen LogP contribution in [0.4, 0.5) is 0 Å². The molecule has 2 aromatic heterocycles. The third-order valence-electron chi connectivity index (χ3n) is 4.59. The smallest absolute Gasteiger partial charge is 0.160 e. The minimum absolute atomic E-state index is 0.332. The number of imidazole rings is 1. The second kappa shape index (κ2) is 5.25. The van der Waals surface area contributed by atoms with Crippen molar-refractivity contribution in [3.8, 4) is 0 Å². The average molecular weight is 306 g/mol. The van der Waals surface area contributed by atoms with Crippen molar-refractivity contribution in [1.29, 1.82) is 0 Å². The van der Waals surface area contributed by atoms with Crippen LogP contribution in [0.25, 0.3) is 11.2 Å². The molecule has 3 heterocycles. The number of pyridine rings is 1. The molecule has 0 bridgehead atoms. The summed E-state index contributed by atoms with van der Waals surface area (Å²) in [4.78, 5) is 9.50. The maximum atomic E-state index is 6.02. The quantitative estimate of drug-likeness (QED) is 0.814. The number of nitrogens with zero attached hydrogens (tertiary/aromatic N) is 3. The molecule has 2 atom stereocenters. The van der Waals surface area contributed by atoms with Crippen LogP contribution in [0.1, 0.15) is 36.8 Å². The third kappa shape index (κ3) is 2.34. The summed E-state index contributed by atoms with van der Waals surface area (Å²) in [7, 11) is 0. The Kier molecular flexibility index (Phi) is 3.38. The van der Waals surface area contributed by atoms with Crippen LogP contribution in [0.5, 0.6) is 0 Å². The van der Waals surface area contributed by atoms with Gasteiger partial charge in [-0.15, -0.1) is 11.6 Å². The Balaban J connectivity index is 1.84. The maximum Gasteiger partial charge on any atom is 0.160 e. The fourth-order valence-electron chi connectivity index (χ4n) is 3.48. The fraction of sp³-hybridized carbons (Fsp3) is 0.625. The fourth-order valence-corrected chi connectivity index (χ4v) is 3.64. The molecule has 21 heavy (non-hydrogen) atoms. The third-order valence-corrected chi connectivity index (χ3v) is 4.78. The summed E-state index contributed by atoms with van der Waals surface area (Å²) in [5.74, 6) is 2.37. The van der Waals surface area contributed by atoms with Gasteiger partial charge in [-0.1, -0.05) is 0 Å². The van der Waals surface area contributed by atoms with E-state index in [1.165, 1.54) is 12.8 Å². The Hall–Kier alpha value is -1.13. The van der Waals surface area contributed by atoms with E-state index < -0.39 is 0 Å². The molecule has 2 aliphatic rings. The summed E-state index contributed by atoms with van der Waals surface area (Å²) in [6.07, 6.45) is 4.76. The summed E-state index contributed by atoms with van der Waals surface area (Å²) in [6, 6.07) is 4.46. The predicted molar refractivity (Wildman–Crippen MR) is 82.8 cm³/mol. The van der Waals surface area contributed by atoms with Gasteiger partial charge in [-0.3, -0.25) is 0 Å². The number of rotatable bonds is 4. The molecule has 0 N–H and O–H groups in total. The molecule has 4 nitrogen and oxygen atoms in total. The number of alkyl halides is 1. The van der Waals surface area contributed by atoms with Crippen LogP contribution in [0.15, 0.2) is 12.1 Å². The van der Waals surface area contributed by atoms with Crippen LogP contribution in [0.2, 0.25) is 0 Å². The molecule has 1 saturated heterocycles. The summed E-state index contributed by atoms with van der Waals surface area (Å²) in [5.41, 5.74) is 3.00. The number of aromatic nitrogens is 3. The predicted octanol–water partition coefficient (Wildman–Crippen LogP) is 3.26. The van der Waals surface area contributed by atoms with E-state index in [1.807, 2.05) is 13.0 Å². The average Bonchev–Trinajstić information content (AvgIpc) is 3.10. The van der Waals surface area contributed by atoms with Gasteiger partial charge in [0.15, 0.2) is 5.65 Å². The summed E-state index contributed by atoms with van der Waals surface area (Å²) >= 11 is 5.98. The second-order valence-electron chi connectivity index (χ2n) is 6.16. The first-order chi connectivity index (χ1) is 10.3. The van der Waals surface area contributed by atoms with Crippen molar-refractivity contribution >= 4 is 22.8 Å². The Morgan fingerprint density at radius 1 is 1.29 bits per heavy atom. The molecular formula is C16H20ClN3O. The highest BCUT2D eigenvalue weighted by molar-refractivity contribution is 6.17. The summed E-state index contributed by atoms with van der Waals surface area (Å²) in [6.45, 7) is 2.87. The Morgan fingerprint density at radius 2 is 2.14 bits per heavy atom. The van der Waals surface area contributed by atoms with Crippen LogP contribution < -0.4 is 0 Å². The van der Waals surface area contributed by atoms with E-state index in [4.69, 9.17) is 26.3 Å². The van der Waals surface area contributed by atoms with Gasteiger partial charge in [-0.25, -0.2) is 9.97 Å². The van der Waals surface area contributed by atoms with Crippen LogP contribution in [0, 0.1) is 12.8 Å². The van der Waals surface area contributed by atoms with Gasteiger partial charge in [0, 0.05) is 24.6 Å². The first-order valence-corrected chi connectivity index (χ1v) is 8.33. The number of aryl methyl sites for hydroxylation is 2. The second-order valence-corrected chi connectivity index (χ2v) is 6.54. The van der Waals surface area contributed by atoms with E-state index in [1.54, 1.807) is 0 Å². The van der Waals surface area contributed by atoms with Gasteiger partial charge in [0.05, 0.1) is 12.1 Å². The van der Waals surface area contributed by atoms with Crippen molar-refractivity contribution in [2.45, 2.75) is 44.8 Å². The summed E-state index contributed by atoms with van der Waals surface area (Å²) in [5, 5.41) is 0. The number of hydrogen-bond acceptors (Lipinski definition) is 3. The van der Waals surface area contributed by atoms with E-state index in [0.717, 1.165) is 48.0 Å². The highest BCUT2D eigenvalue weighted by atomic mass is 35.5. The zero-order valence-corrected chi connectivity index (χ0v) is 13.0. The standard InChI is InChI=1S/C16H20ClN3O/c1-10-2-5-12-16(18-10)20(14(19-12)6-8-17)13-7-9-21-15(13)11-3-4-11/h2,5,11,13,15H,3-4,6-9H2,1H3. The lowest BCUT2D eigenvalue weighted by Crippen LogP contribution is -2.24. The summed E-state index contributed by atoms with van der Waals surface area (Å²) < 4.78 is 8.34. The van der Waals surface area contributed by atoms with Crippen molar-refractivity contribution in [3.63, 3.8) is 0 Å². The molecule has 0 radical (unpaired) electrons. The molecule has 112 valence electrons. The van der Waals surface area contributed by atoms with Crippen molar-refractivity contribution in [3.05, 3.63) is 23.7 Å². The van der Waals surface area contributed by atoms with E-state index in [2.05, 4.69) is 10.6 Å². The van der Waals surface area contributed by atoms with Gasteiger partial charge in [-0.2, -0.15) is 0 Å². The molecule has 2 fully saturated rings. The first kappa shape index (κ1) is 13.5. The van der Waals surface area contributed by atoms with Crippen LogP contribution in [0.3, 0.4) is 0 Å². The highest BCUT2D eigenvalue weighted by Crippen LogP contribution is 2.44. The van der Waals surface area contributed by atoms with Crippen molar-refractivity contribution < 1.29 is 4.74 Å². The van der Waals surface area contributed by atoms with Crippen LogP contribution >= 0.6 is 11.6 Å². The molecule has 0 aromatic carbocycles. The normalized spacial score (nSPS) is 25.8. The van der Waals surface area contributed by atoms with Gasteiger partial charge in [0.2, 0.25) is 0 Å². The monoisotopic (exact) mass is 305 g/mol. The topological polar surface area (TPSA) is 39.9 Å². The molecular weight excluding hydrogens is 286 g/mol. The van der Waals surface area contributed by atoms with Gasteiger partial charge in [0.25, 0.3) is 0 Å². The molecule has 1 aliphatic heterocycles. The zero-order valence-electron chi connectivity index (χ0n) is 12.3. The van der Waals surface area contributed by atoms with Crippen molar-refractivity contribution in [2.75, 3.05) is 12.5 Å². The van der Waals surface area contributed by atoms with Crippen molar-refractivity contribution in [2.24, 2.45) is 5.92 Å². The number of hydrogen-bond donors (Lipinski definition) is 0. The SMILES string of the molecule is Cc1ccc2nc(CCCl)n(C3CCOC3C3CC3)c2n1. The highest BCUT2D eigenvalue weighted by Gasteiger charge is 2.42. The lowest BCUT2D eigenvalue weighted by Gasteiger charge is -2.22. The lowest BCUT2D eigenvalue weighted by molar-refractivity contribution is 0.0752. The minimum atomic E-state index is 0.332. The molecule has 4 rings (SSSR count). The van der Waals surface area contributed by atoms with E-state index in [9.17, 15) is 0 Å². The molecule has 1 aliphatic carbocycles. The molecule has 1 saturated carbocycles. The maximum absolute atomic E-state index is 6.02. The molecule has 0 amide bonds. The number of fused-ring (bicyclic) bond motifs is 1. The van der Waals surface area contributed by atoms with E-state index in [-0.39, 0.29) is 0 Å². The van der Waals surface area contributed by atoms with Crippen LogP contribution in [-0.2, 0) is 11.2 Å². The van der Waals surface area contributed by atoms with Gasteiger partial charge < -0.3 is 9.30 Å². The van der Waals surface area contributed by atoms with E-state index in [0.29, 0.717) is 18.0 Å². The Bertz CT molecular complexity index is 665. The van der Waals surface area contributed by atoms with Gasteiger partial charge in [-0.05, 0) is 44.2 Å². The molecule has 0 spiro atoms. The lowest BCUT2D eigenvalue weighted by atomic mass is 10.1. The Morgan fingerprint density at radius 3 is 2.90 bits per heavy atom. The molecule has 2 unspecified atom stereocenters. The Labute approximate surface area is 129 Å². The number of ether oxygens (including phenoxy) is 1. The van der Waals surface area contributed by atoms with Gasteiger partial charge in [0.1, 0.15) is 11.3 Å². The number of halogens is 1. The van der Waals surface area contributed by atoms with E-state index >= 15 is 0 Å². The minimum Gasteiger partial charge on any atom is -0.376 e.